The van der Waals surface area contributed by atoms with Crippen LogP contribution >= 0.6 is 11.3 Å². The number of aliphatic hydroxyl groups is 1. The van der Waals surface area contributed by atoms with E-state index in [-0.39, 0.29) is 12.1 Å². The molecular formula is C16H16N2O2S. The highest BCUT2D eigenvalue weighted by molar-refractivity contribution is 7.22. The zero-order valence-electron chi connectivity index (χ0n) is 11.7. The van der Waals surface area contributed by atoms with Crippen molar-refractivity contribution in [3.63, 3.8) is 0 Å². The number of aliphatic hydroxyl groups excluding tert-OH is 1. The summed E-state index contributed by atoms with van der Waals surface area (Å²) in [6, 6.07) is 11.9. The molecule has 108 valence electrons. The van der Waals surface area contributed by atoms with E-state index < -0.39 is 6.10 Å². The van der Waals surface area contributed by atoms with Crippen molar-refractivity contribution in [1.82, 2.24) is 9.55 Å². The molecule has 1 aromatic carbocycles. The van der Waals surface area contributed by atoms with Crippen LogP contribution in [0.2, 0.25) is 0 Å². The van der Waals surface area contributed by atoms with Crippen molar-refractivity contribution >= 4 is 21.6 Å². The van der Waals surface area contributed by atoms with Crippen LogP contribution in [0.3, 0.4) is 0 Å². The van der Waals surface area contributed by atoms with E-state index in [1.165, 1.54) is 22.2 Å². The van der Waals surface area contributed by atoms with Crippen LogP contribution in [0.4, 0.5) is 0 Å². The lowest BCUT2D eigenvalue weighted by Crippen LogP contribution is -2.25. The summed E-state index contributed by atoms with van der Waals surface area (Å²) in [7, 11) is 0. The van der Waals surface area contributed by atoms with E-state index in [9.17, 15) is 9.90 Å². The number of hydrogen-bond donors (Lipinski definition) is 1. The summed E-state index contributed by atoms with van der Waals surface area (Å²) >= 11 is 1.45. The molecule has 0 aliphatic carbocycles. The average Bonchev–Trinajstić information content (AvgIpc) is 2.96. The predicted octanol–water partition coefficient (Wildman–Crippen LogP) is 2.90. The number of aromatic nitrogens is 2. The van der Waals surface area contributed by atoms with E-state index in [0.29, 0.717) is 16.6 Å². The molecule has 0 aliphatic rings. The average molecular weight is 300 g/mol. The highest BCUT2D eigenvalue weighted by Crippen LogP contribution is 2.30. The molecule has 0 amide bonds. The summed E-state index contributed by atoms with van der Waals surface area (Å²) in [5, 5.41) is 9.71. The molecule has 4 nitrogen and oxygen atoms in total. The van der Waals surface area contributed by atoms with Gasteiger partial charge < -0.3 is 5.11 Å². The van der Waals surface area contributed by atoms with E-state index in [1.807, 2.05) is 43.3 Å². The molecule has 0 saturated heterocycles. The molecular weight excluding hydrogens is 284 g/mol. The standard InChI is InChI=1S/C16H16N2O2S/c1-2-12(19)9-18-10-17-13-8-14(21-15(13)16(18)20)11-6-4-3-5-7-11/h3-8,10,12,19H,2,9H2,1H3. The summed E-state index contributed by atoms with van der Waals surface area (Å²) in [5.74, 6) is 0. The Kier molecular flexibility index (Phi) is 3.86. The maximum atomic E-state index is 12.4. The third-order valence-corrected chi connectivity index (χ3v) is 4.60. The smallest absolute Gasteiger partial charge is 0.271 e. The Bertz CT molecular complexity index is 808. The van der Waals surface area contributed by atoms with Crippen molar-refractivity contribution in [1.29, 1.82) is 0 Å². The van der Waals surface area contributed by atoms with Crippen molar-refractivity contribution in [2.75, 3.05) is 0 Å². The third-order valence-electron chi connectivity index (χ3n) is 3.44. The Labute approximate surface area is 126 Å². The maximum absolute atomic E-state index is 12.4. The van der Waals surface area contributed by atoms with Gasteiger partial charge in [-0.05, 0) is 18.1 Å². The molecule has 3 aromatic rings. The van der Waals surface area contributed by atoms with Gasteiger partial charge in [0, 0.05) is 4.88 Å². The number of fused-ring (bicyclic) bond motifs is 1. The van der Waals surface area contributed by atoms with Crippen molar-refractivity contribution < 1.29 is 5.11 Å². The third kappa shape index (κ3) is 2.75. The minimum absolute atomic E-state index is 0.0836. The van der Waals surface area contributed by atoms with Gasteiger partial charge in [0.15, 0.2) is 0 Å². The number of hydrogen-bond acceptors (Lipinski definition) is 4. The van der Waals surface area contributed by atoms with Crippen molar-refractivity contribution in [2.45, 2.75) is 26.0 Å². The van der Waals surface area contributed by atoms with E-state index in [0.717, 1.165) is 10.4 Å². The molecule has 0 fully saturated rings. The highest BCUT2D eigenvalue weighted by Gasteiger charge is 2.11. The summed E-state index contributed by atoms with van der Waals surface area (Å²) in [6.45, 7) is 2.18. The predicted molar refractivity (Wildman–Crippen MR) is 85.6 cm³/mol. The molecule has 5 heteroatoms. The van der Waals surface area contributed by atoms with Crippen LogP contribution < -0.4 is 5.56 Å². The molecule has 3 rings (SSSR count). The normalized spacial score (nSPS) is 12.7. The van der Waals surface area contributed by atoms with Gasteiger partial charge in [0.1, 0.15) is 4.70 Å². The molecule has 2 heterocycles. The molecule has 0 saturated carbocycles. The zero-order valence-corrected chi connectivity index (χ0v) is 12.5. The molecule has 1 unspecified atom stereocenters. The zero-order chi connectivity index (χ0) is 14.8. The number of benzene rings is 1. The lowest BCUT2D eigenvalue weighted by atomic mass is 10.2. The summed E-state index contributed by atoms with van der Waals surface area (Å²) < 4.78 is 2.13. The van der Waals surface area contributed by atoms with E-state index in [4.69, 9.17) is 0 Å². The van der Waals surface area contributed by atoms with Crippen LogP contribution in [0.15, 0.2) is 47.5 Å². The number of thiophene rings is 1. The van der Waals surface area contributed by atoms with Gasteiger partial charge in [-0.15, -0.1) is 11.3 Å². The van der Waals surface area contributed by atoms with Crippen LogP contribution in [0.25, 0.3) is 20.7 Å². The fraction of sp³-hybridized carbons (Fsp3) is 0.250. The first kappa shape index (κ1) is 14.0. The lowest BCUT2D eigenvalue weighted by Gasteiger charge is -2.09. The minimum Gasteiger partial charge on any atom is -0.391 e. The number of nitrogens with zero attached hydrogens (tertiary/aromatic N) is 2. The second-order valence-corrected chi connectivity index (χ2v) is 6.01. The molecule has 2 aromatic heterocycles. The van der Waals surface area contributed by atoms with E-state index in [2.05, 4.69) is 4.98 Å². The summed E-state index contributed by atoms with van der Waals surface area (Å²) in [5.41, 5.74) is 1.71. The van der Waals surface area contributed by atoms with Crippen LogP contribution in [0.5, 0.6) is 0 Å². The molecule has 0 spiro atoms. The molecule has 21 heavy (non-hydrogen) atoms. The molecule has 0 radical (unpaired) electrons. The fourth-order valence-corrected chi connectivity index (χ4v) is 3.24. The summed E-state index contributed by atoms with van der Waals surface area (Å²) in [6.07, 6.45) is 1.62. The summed E-state index contributed by atoms with van der Waals surface area (Å²) in [4.78, 5) is 17.8. The van der Waals surface area contributed by atoms with Gasteiger partial charge in [-0.1, -0.05) is 37.3 Å². The van der Waals surface area contributed by atoms with Gasteiger partial charge in [0.2, 0.25) is 0 Å². The Balaban J connectivity index is 2.06. The van der Waals surface area contributed by atoms with Crippen molar-refractivity contribution in [3.8, 4) is 10.4 Å². The molecule has 0 bridgehead atoms. The first-order valence-electron chi connectivity index (χ1n) is 6.91. The topological polar surface area (TPSA) is 55.1 Å². The lowest BCUT2D eigenvalue weighted by molar-refractivity contribution is 0.148. The van der Waals surface area contributed by atoms with Crippen LogP contribution in [0.1, 0.15) is 13.3 Å². The minimum atomic E-state index is -0.518. The van der Waals surface area contributed by atoms with Gasteiger partial charge in [0.05, 0.1) is 24.5 Å². The second kappa shape index (κ2) is 5.79. The molecule has 1 atom stereocenters. The highest BCUT2D eigenvalue weighted by atomic mass is 32.1. The largest absolute Gasteiger partial charge is 0.391 e. The number of rotatable bonds is 4. The Morgan fingerprint density at radius 3 is 2.81 bits per heavy atom. The van der Waals surface area contributed by atoms with Gasteiger partial charge in [-0.25, -0.2) is 4.98 Å². The Hall–Kier alpha value is -1.98. The monoisotopic (exact) mass is 300 g/mol. The van der Waals surface area contributed by atoms with Crippen molar-refractivity contribution in [2.24, 2.45) is 0 Å². The van der Waals surface area contributed by atoms with Gasteiger partial charge in [-0.2, -0.15) is 0 Å². The van der Waals surface area contributed by atoms with Gasteiger partial charge in [0.25, 0.3) is 5.56 Å². The molecule has 1 N–H and O–H groups in total. The SMILES string of the molecule is CCC(O)Cn1cnc2cc(-c3ccccc3)sc2c1=O. The van der Waals surface area contributed by atoms with Crippen LogP contribution in [-0.4, -0.2) is 20.8 Å². The van der Waals surface area contributed by atoms with Gasteiger partial charge in [-0.3, -0.25) is 9.36 Å². The fourth-order valence-electron chi connectivity index (χ4n) is 2.18. The Morgan fingerprint density at radius 1 is 1.33 bits per heavy atom. The van der Waals surface area contributed by atoms with E-state index >= 15 is 0 Å². The second-order valence-electron chi connectivity index (χ2n) is 4.96. The van der Waals surface area contributed by atoms with Crippen LogP contribution in [-0.2, 0) is 6.54 Å². The molecule has 0 aliphatic heterocycles. The Morgan fingerprint density at radius 2 is 2.10 bits per heavy atom. The first-order chi connectivity index (χ1) is 10.2. The van der Waals surface area contributed by atoms with Gasteiger partial charge >= 0.3 is 0 Å². The quantitative estimate of drug-likeness (QED) is 0.806. The maximum Gasteiger partial charge on any atom is 0.271 e. The van der Waals surface area contributed by atoms with E-state index in [1.54, 1.807) is 0 Å². The van der Waals surface area contributed by atoms with Crippen molar-refractivity contribution in [3.05, 3.63) is 53.1 Å². The van der Waals surface area contributed by atoms with Crippen LogP contribution in [0, 0.1) is 0 Å². The first-order valence-corrected chi connectivity index (χ1v) is 7.73.